The Labute approximate surface area is 253 Å². The highest BCUT2D eigenvalue weighted by Crippen LogP contribution is 2.65. The van der Waals surface area contributed by atoms with E-state index in [4.69, 9.17) is 0 Å². The van der Waals surface area contributed by atoms with E-state index in [0.29, 0.717) is 20.8 Å². The number of halogens is 26. The van der Waals surface area contributed by atoms with Gasteiger partial charge in [0, 0.05) is 0 Å². The zero-order valence-corrected chi connectivity index (χ0v) is 23.1. The molecule has 0 aliphatic heterocycles. The van der Waals surface area contributed by atoms with E-state index in [9.17, 15) is 114 Å². The van der Waals surface area contributed by atoms with Gasteiger partial charge in [0.1, 0.15) is 0 Å². The average Bonchev–Trinajstić information content (AvgIpc) is 2.85. The van der Waals surface area contributed by atoms with Crippen LogP contribution in [0.25, 0.3) is 0 Å². The maximum Gasteiger partial charge on any atom is 0.460 e. The summed E-state index contributed by atoms with van der Waals surface area (Å²) in [5.41, 5.74) is -10.5. The Morgan fingerprint density at radius 1 is 0.347 bits per heavy atom. The number of hydrogen-bond donors (Lipinski definition) is 1. The summed E-state index contributed by atoms with van der Waals surface area (Å²) in [6.45, 7) is 1.54. The molecule has 1 nitrogen and oxygen atoms in total. The van der Waals surface area contributed by atoms with Crippen molar-refractivity contribution in [2.24, 2.45) is 0 Å². The molecular formula is C22H13F26N. The Bertz CT molecular complexity index is 1290. The predicted octanol–water partition coefficient (Wildman–Crippen LogP) is 11.0. The number of nitrogen functional groups attached to an aromatic ring is 1. The van der Waals surface area contributed by atoms with E-state index >= 15 is 0 Å². The summed E-state index contributed by atoms with van der Waals surface area (Å²) >= 11 is 0. The molecule has 0 fully saturated rings. The normalized spacial score (nSPS) is 16.3. The third-order valence-corrected chi connectivity index (χ3v) is 6.59. The number of anilines is 1. The van der Waals surface area contributed by atoms with E-state index in [0.717, 1.165) is 0 Å². The van der Waals surface area contributed by atoms with Gasteiger partial charge in [-0.25, -0.2) is 0 Å². The van der Waals surface area contributed by atoms with Crippen molar-refractivity contribution in [1.82, 2.24) is 0 Å². The van der Waals surface area contributed by atoms with E-state index in [1.54, 1.807) is 0 Å². The van der Waals surface area contributed by atoms with Crippen LogP contribution in [0.15, 0.2) is 12.1 Å². The molecule has 2 N–H and O–H groups in total. The first-order valence-corrected chi connectivity index (χ1v) is 11.6. The van der Waals surface area contributed by atoms with Crippen LogP contribution < -0.4 is 5.73 Å². The Morgan fingerprint density at radius 2 is 0.551 bits per heavy atom. The first-order valence-electron chi connectivity index (χ1n) is 11.6. The van der Waals surface area contributed by atoms with Crippen LogP contribution in [0, 0.1) is 0 Å². The first-order chi connectivity index (χ1) is 20.7. The molecule has 0 aliphatic carbocycles. The molecule has 0 aliphatic rings. The van der Waals surface area contributed by atoms with Gasteiger partial charge >= 0.3 is 71.6 Å². The van der Waals surface area contributed by atoms with Crippen LogP contribution in [-0.4, -0.2) is 59.7 Å². The van der Waals surface area contributed by atoms with Gasteiger partial charge in [0.25, 0.3) is 0 Å². The highest BCUT2D eigenvalue weighted by molar-refractivity contribution is 5.61. The van der Waals surface area contributed by atoms with Crippen molar-refractivity contribution in [2.75, 3.05) is 5.73 Å². The molecule has 0 spiro atoms. The molecule has 0 aromatic heterocycles. The molecule has 0 saturated carbocycles. The lowest BCUT2D eigenvalue weighted by atomic mass is 9.79. The monoisotopic (exact) mass is 785 g/mol. The number of alkyl halides is 26. The van der Waals surface area contributed by atoms with Crippen molar-refractivity contribution in [3.05, 3.63) is 28.8 Å². The average molecular weight is 785 g/mol. The fraction of sp³-hybridized carbons (Fsp3) is 0.727. The SMILES string of the molecule is CC(C)(C)c1cc(C(F)(F)C(F)(F)C(F)(F)C(F)(F)C(F)(F)C(F)(F)F)c(N)c(C(F)(F)C(F)(F)C(F)(F)C(F)(F)C(F)(F)C(F)(F)F)c1. The van der Waals surface area contributed by atoms with Crippen LogP contribution in [-0.2, 0) is 17.3 Å². The third kappa shape index (κ3) is 5.74. The Kier molecular flexibility index (Phi) is 10.0. The maximum atomic E-state index is 15.0. The summed E-state index contributed by atoms with van der Waals surface area (Å²) < 4.78 is 355. The molecule has 0 amide bonds. The van der Waals surface area contributed by atoms with Crippen molar-refractivity contribution in [3.63, 3.8) is 0 Å². The second-order valence-corrected chi connectivity index (χ2v) is 11.0. The lowest BCUT2D eigenvalue weighted by Gasteiger charge is -2.41. The van der Waals surface area contributed by atoms with E-state index in [1.165, 1.54) is 0 Å². The quantitative estimate of drug-likeness (QED) is 0.186. The van der Waals surface area contributed by atoms with E-state index in [2.05, 4.69) is 5.73 Å². The van der Waals surface area contributed by atoms with Gasteiger partial charge < -0.3 is 5.73 Å². The highest BCUT2D eigenvalue weighted by Gasteiger charge is 2.92. The summed E-state index contributed by atoms with van der Waals surface area (Å²) in [6, 6.07) is -1.83. The van der Waals surface area contributed by atoms with Crippen LogP contribution in [0.1, 0.15) is 37.5 Å². The van der Waals surface area contributed by atoms with Gasteiger partial charge in [0.2, 0.25) is 0 Å². The lowest BCUT2D eigenvalue weighted by molar-refractivity contribution is -0.442. The number of benzene rings is 1. The Hall–Kier alpha value is -2.80. The summed E-state index contributed by atoms with van der Waals surface area (Å²) in [7, 11) is 0. The van der Waals surface area contributed by atoms with Crippen molar-refractivity contribution in [2.45, 2.75) is 97.8 Å². The fourth-order valence-corrected chi connectivity index (χ4v) is 3.48. The number of hydrogen-bond acceptors (Lipinski definition) is 1. The van der Waals surface area contributed by atoms with Gasteiger partial charge in [-0.15, -0.1) is 0 Å². The molecule has 49 heavy (non-hydrogen) atoms. The summed E-state index contributed by atoms with van der Waals surface area (Å²) in [6.07, 6.45) is -15.9. The largest absolute Gasteiger partial charge is 0.460 e. The molecule has 1 aromatic rings. The highest BCUT2D eigenvalue weighted by atomic mass is 19.4. The van der Waals surface area contributed by atoms with Crippen LogP contribution in [0.4, 0.5) is 120 Å². The molecule has 1 rings (SSSR count). The smallest absolute Gasteiger partial charge is 0.398 e. The topological polar surface area (TPSA) is 26.0 Å². The number of nitrogens with two attached hydrogens (primary N) is 1. The van der Waals surface area contributed by atoms with Gasteiger partial charge in [-0.3, -0.25) is 0 Å². The predicted molar refractivity (Wildman–Crippen MR) is 109 cm³/mol. The van der Waals surface area contributed by atoms with Gasteiger partial charge in [-0.05, 0) is 23.1 Å². The van der Waals surface area contributed by atoms with E-state index in [-0.39, 0.29) is 0 Å². The van der Waals surface area contributed by atoms with Crippen molar-refractivity contribution < 1.29 is 114 Å². The first kappa shape index (κ1) is 44.2. The van der Waals surface area contributed by atoms with Crippen LogP contribution in [0.2, 0.25) is 0 Å². The van der Waals surface area contributed by atoms with E-state index in [1.807, 2.05) is 0 Å². The van der Waals surface area contributed by atoms with E-state index < -0.39 is 112 Å². The van der Waals surface area contributed by atoms with Crippen molar-refractivity contribution in [3.8, 4) is 0 Å². The molecule has 1 aromatic carbocycles. The Balaban J connectivity index is 4.34. The zero-order valence-electron chi connectivity index (χ0n) is 23.1. The molecule has 0 bridgehead atoms. The maximum absolute atomic E-state index is 15.0. The standard InChI is InChI=1S/C22H13F26N/c1-10(2,3)6-4-7(11(23,24)13(27,28)15(31,32)17(35,36)19(39,40)21(43,44)45)9(49)8(5-6)12(25,26)14(29,30)16(33,34)18(37,38)20(41,42)22(46,47)48/h4-5H,49H2,1-3H3. The molecular weight excluding hydrogens is 772 g/mol. The van der Waals surface area contributed by atoms with Gasteiger partial charge in [-0.2, -0.15) is 114 Å². The van der Waals surface area contributed by atoms with Crippen LogP contribution in [0.3, 0.4) is 0 Å². The number of rotatable bonds is 10. The molecule has 27 heteroatoms. The summed E-state index contributed by atoms with van der Waals surface area (Å²) in [5, 5.41) is 0. The van der Waals surface area contributed by atoms with Gasteiger partial charge in [-0.1, -0.05) is 20.8 Å². The molecule has 0 radical (unpaired) electrons. The van der Waals surface area contributed by atoms with Crippen molar-refractivity contribution in [1.29, 1.82) is 0 Å². The lowest BCUT2D eigenvalue weighted by Crippen LogP contribution is -2.69. The Morgan fingerprint density at radius 3 is 0.735 bits per heavy atom. The molecule has 0 unspecified atom stereocenters. The van der Waals surface area contributed by atoms with Crippen LogP contribution in [0.5, 0.6) is 0 Å². The minimum absolute atomic E-state index is 0.512. The summed E-state index contributed by atoms with van der Waals surface area (Å²) in [4.78, 5) is 0. The molecule has 0 saturated heterocycles. The summed E-state index contributed by atoms with van der Waals surface area (Å²) in [5.74, 6) is -83.5. The second-order valence-electron chi connectivity index (χ2n) is 11.0. The third-order valence-electron chi connectivity index (χ3n) is 6.59. The van der Waals surface area contributed by atoms with Gasteiger partial charge in [0.05, 0.1) is 16.8 Å². The zero-order chi connectivity index (χ0) is 40.2. The van der Waals surface area contributed by atoms with Gasteiger partial charge in [0.15, 0.2) is 0 Å². The molecule has 0 heterocycles. The second kappa shape index (κ2) is 11.1. The van der Waals surface area contributed by atoms with Crippen LogP contribution >= 0.6 is 0 Å². The van der Waals surface area contributed by atoms with Crippen molar-refractivity contribution >= 4 is 5.69 Å². The fourth-order valence-electron chi connectivity index (χ4n) is 3.48. The minimum atomic E-state index is -8.68. The minimum Gasteiger partial charge on any atom is -0.398 e. The molecule has 288 valence electrons. The molecule has 0 atom stereocenters.